The molecule has 102 valence electrons. The van der Waals surface area contributed by atoms with Crippen LogP contribution in [-0.4, -0.2) is 32.5 Å². The minimum absolute atomic E-state index is 0.709. The van der Waals surface area contributed by atoms with Gasteiger partial charge in [-0.3, -0.25) is 0 Å². The summed E-state index contributed by atoms with van der Waals surface area (Å²) in [6, 6.07) is 8.37. The Balaban J connectivity index is 2.10. The molecular formula is C13H19N5S. The van der Waals surface area contributed by atoms with Crippen LogP contribution < -0.4 is 5.73 Å². The minimum Gasteiger partial charge on any atom is -0.330 e. The van der Waals surface area contributed by atoms with Gasteiger partial charge in [0.05, 0.1) is 0 Å². The number of nitrogens with zero attached hydrogens (tertiary/aromatic N) is 4. The molecule has 0 amide bonds. The van der Waals surface area contributed by atoms with Crippen molar-refractivity contribution in [2.75, 3.05) is 12.3 Å². The highest BCUT2D eigenvalue weighted by Crippen LogP contribution is 2.22. The van der Waals surface area contributed by atoms with Crippen LogP contribution in [0.1, 0.15) is 19.8 Å². The van der Waals surface area contributed by atoms with E-state index in [1.165, 1.54) is 4.90 Å². The van der Waals surface area contributed by atoms with E-state index in [1.807, 2.05) is 16.4 Å². The average molecular weight is 277 g/mol. The van der Waals surface area contributed by atoms with Gasteiger partial charge in [0, 0.05) is 17.0 Å². The molecule has 0 aliphatic heterocycles. The Kier molecular flexibility index (Phi) is 5.35. The zero-order valence-electron chi connectivity index (χ0n) is 11.1. The summed E-state index contributed by atoms with van der Waals surface area (Å²) in [6.45, 7) is 3.67. The highest BCUT2D eigenvalue weighted by molar-refractivity contribution is 7.99. The summed E-state index contributed by atoms with van der Waals surface area (Å²) >= 11 is 1.83. The van der Waals surface area contributed by atoms with E-state index in [0.29, 0.717) is 6.54 Å². The number of unbranched alkanes of at least 4 members (excludes halogenated alkanes) is 1. The molecular weight excluding hydrogens is 258 g/mol. The number of rotatable bonds is 7. The molecule has 19 heavy (non-hydrogen) atoms. The van der Waals surface area contributed by atoms with Gasteiger partial charge in [-0.05, 0) is 47.7 Å². The molecule has 0 saturated heterocycles. The first kappa shape index (κ1) is 14.0. The van der Waals surface area contributed by atoms with E-state index in [0.717, 1.165) is 36.5 Å². The predicted molar refractivity (Wildman–Crippen MR) is 77.9 cm³/mol. The lowest BCUT2D eigenvalue weighted by atomic mass is 10.2. The molecule has 0 aliphatic rings. The fourth-order valence-electron chi connectivity index (χ4n) is 1.83. The molecule has 0 fully saturated rings. The fraction of sp³-hybridized carbons (Fsp3) is 0.462. The molecule has 0 saturated carbocycles. The van der Waals surface area contributed by atoms with E-state index in [-0.39, 0.29) is 0 Å². The van der Waals surface area contributed by atoms with Crippen molar-refractivity contribution in [3.63, 3.8) is 0 Å². The number of aryl methyl sites for hydroxylation is 1. The predicted octanol–water partition coefficient (Wildman–Crippen LogP) is 2.19. The van der Waals surface area contributed by atoms with Crippen molar-refractivity contribution < 1.29 is 0 Å². The lowest BCUT2D eigenvalue weighted by Gasteiger charge is -2.05. The Labute approximate surface area is 117 Å². The van der Waals surface area contributed by atoms with Crippen LogP contribution >= 0.6 is 11.8 Å². The van der Waals surface area contributed by atoms with Gasteiger partial charge >= 0.3 is 0 Å². The first-order valence-electron chi connectivity index (χ1n) is 6.54. The van der Waals surface area contributed by atoms with Crippen molar-refractivity contribution in [1.29, 1.82) is 0 Å². The van der Waals surface area contributed by atoms with Crippen molar-refractivity contribution in [1.82, 2.24) is 20.2 Å². The molecule has 0 bridgehead atoms. The van der Waals surface area contributed by atoms with E-state index < -0.39 is 0 Å². The molecule has 0 aliphatic carbocycles. The molecule has 5 nitrogen and oxygen atoms in total. The fourth-order valence-corrected chi connectivity index (χ4v) is 2.50. The van der Waals surface area contributed by atoms with Gasteiger partial charge in [-0.1, -0.05) is 19.1 Å². The molecule has 0 spiro atoms. The van der Waals surface area contributed by atoms with Crippen molar-refractivity contribution in [3.05, 3.63) is 24.3 Å². The van der Waals surface area contributed by atoms with Gasteiger partial charge in [-0.15, -0.1) is 16.9 Å². The molecule has 0 radical (unpaired) electrons. The van der Waals surface area contributed by atoms with Gasteiger partial charge in [-0.25, -0.2) is 4.68 Å². The van der Waals surface area contributed by atoms with Gasteiger partial charge in [0.15, 0.2) is 5.82 Å². The largest absolute Gasteiger partial charge is 0.330 e. The van der Waals surface area contributed by atoms with Crippen LogP contribution in [0.5, 0.6) is 0 Å². The molecule has 1 aromatic heterocycles. The zero-order chi connectivity index (χ0) is 13.5. The number of hydrogen-bond acceptors (Lipinski definition) is 5. The monoisotopic (exact) mass is 277 g/mol. The Hall–Kier alpha value is -1.40. The number of benzene rings is 1. The Morgan fingerprint density at radius 1 is 1.21 bits per heavy atom. The van der Waals surface area contributed by atoms with Crippen molar-refractivity contribution in [2.24, 2.45) is 5.73 Å². The Bertz CT molecular complexity index is 494. The van der Waals surface area contributed by atoms with Crippen molar-refractivity contribution in [2.45, 2.75) is 31.2 Å². The lowest BCUT2D eigenvalue weighted by molar-refractivity contribution is 0.548. The summed E-state index contributed by atoms with van der Waals surface area (Å²) in [6.07, 6.45) is 1.99. The van der Waals surface area contributed by atoms with E-state index in [9.17, 15) is 0 Å². The molecule has 0 atom stereocenters. The summed E-state index contributed by atoms with van der Waals surface area (Å²) in [5, 5.41) is 11.9. The quantitative estimate of drug-likeness (QED) is 0.620. The van der Waals surface area contributed by atoms with Crippen LogP contribution in [0.25, 0.3) is 11.4 Å². The maximum absolute atomic E-state index is 5.50. The smallest absolute Gasteiger partial charge is 0.182 e. The standard InChI is InChI=1S/C13H19N5S/c1-2-19-12-7-5-11(6-8-12)13-15-16-17-18(13)10-4-3-9-14/h5-8H,2-4,9-10,14H2,1H3. The van der Waals surface area contributed by atoms with E-state index >= 15 is 0 Å². The van der Waals surface area contributed by atoms with E-state index in [2.05, 4.69) is 46.7 Å². The van der Waals surface area contributed by atoms with Crippen LogP contribution in [-0.2, 0) is 6.54 Å². The van der Waals surface area contributed by atoms with Gasteiger partial charge in [0.2, 0.25) is 0 Å². The average Bonchev–Trinajstić information content (AvgIpc) is 2.89. The molecule has 2 N–H and O–H groups in total. The minimum atomic E-state index is 0.709. The lowest BCUT2D eigenvalue weighted by Crippen LogP contribution is -2.06. The Morgan fingerprint density at radius 3 is 2.68 bits per heavy atom. The normalized spacial score (nSPS) is 10.8. The van der Waals surface area contributed by atoms with Gasteiger partial charge in [0.1, 0.15) is 0 Å². The van der Waals surface area contributed by atoms with Crippen LogP contribution in [0.2, 0.25) is 0 Å². The maximum atomic E-state index is 5.50. The van der Waals surface area contributed by atoms with Gasteiger partial charge in [-0.2, -0.15) is 0 Å². The van der Waals surface area contributed by atoms with E-state index in [1.54, 1.807) is 0 Å². The van der Waals surface area contributed by atoms with Crippen LogP contribution in [0.4, 0.5) is 0 Å². The Morgan fingerprint density at radius 2 is 2.00 bits per heavy atom. The van der Waals surface area contributed by atoms with Crippen LogP contribution in [0.15, 0.2) is 29.2 Å². The second-order valence-corrected chi connectivity index (χ2v) is 5.52. The first-order chi connectivity index (χ1) is 9.35. The van der Waals surface area contributed by atoms with E-state index in [4.69, 9.17) is 5.73 Å². The van der Waals surface area contributed by atoms with Crippen LogP contribution in [0, 0.1) is 0 Å². The molecule has 2 rings (SSSR count). The topological polar surface area (TPSA) is 69.6 Å². The number of thioether (sulfide) groups is 1. The molecule has 1 aromatic carbocycles. The summed E-state index contributed by atoms with van der Waals surface area (Å²) < 4.78 is 1.84. The summed E-state index contributed by atoms with van der Waals surface area (Å²) in [5.41, 5.74) is 6.55. The second kappa shape index (κ2) is 7.25. The number of hydrogen-bond donors (Lipinski definition) is 1. The zero-order valence-corrected chi connectivity index (χ0v) is 11.9. The third kappa shape index (κ3) is 3.78. The highest BCUT2D eigenvalue weighted by atomic mass is 32.2. The third-order valence-corrected chi connectivity index (χ3v) is 3.67. The SMILES string of the molecule is CCSc1ccc(-c2nnnn2CCCCN)cc1. The maximum Gasteiger partial charge on any atom is 0.182 e. The summed E-state index contributed by atoms with van der Waals surface area (Å²) in [4.78, 5) is 1.27. The molecule has 1 heterocycles. The molecule has 0 unspecified atom stereocenters. The highest BCUT2D eigenvalue weighted by Gasteiger charge is 2.08. The molecule has 6 heteroatoms. The first-order valence-corrected chi connectivity index (χ1v) is 7.53. The second-order valence-electron chi connectivity index (χ2n) is 4.18. The molecule has 2 aromatic rings. The van der Waals surface area contributed by atoms with Gasteiger partial charge in [0.25, 0.3) is 0 Å². The number of aromatic nitrogens is 4. The summed E-state index contributed by atoms with van der Waals surface area (Å²) in [5.74, 6) is 1.90. The number of tetrazole rings is 1. The number of nitrogens with two attached hydrogens (primary N) is 1. The third-order valence-electron chi connectivity index (χ3n) is 2.78. The summed E-state index contributed by atoms with van der Waals surface area (Å²) in [7, 11) is 0. The van der Waals surface area contributed by atoms with Crippen LogP contribution in [0.3, 0.4) is 0 Å². The van der Waals surface area contributed by atoms with Crippen molar-refractivity contribution in [3.8, 4) is 11.4 Å². The van der Waals surface area contributed by atoms with Gasteiger partial charge < -0.3 is 5.73 Å². The van der Waals surface area contributed by atoms with Crippen molar-refractivity contribution >= 4 is 11.8 Å².